The Morgan fingerprint density at radius 3 is 2.88 bits per heavy atom. The number of aromatic nitrogens is 2. The molecule has 130 valence electrons. The number of ether oxygens (including phenoxy) is 1. The van der Waals surface area contributed by atoms with Crippen molar-refractivity contribution in [3.8, 4) is 17.0 Å². The van der Waals surface area contributed by atoms with Crippen LogP contribution in [-0.2, 0) is 4.79 Å². The number of fused-ring (bicyclic) bond motifs is 1. The minimum Gasteiger partial charge on any atom is -0.497 e. The fourth-order valence-electron chi connectivity index (χ4n) is 2.82. The fraction of sp³-hybridized carbons (Fsp3) is 0.300. The standard InChI is InChI=1S/C20H23N3O2/c1-3-4-5-12-18(24)22-20-19(15-9-8-10-16(14-15)25-2)21-17-11-6-7-13-23(17)20/h6-11,13-14H,3-5,12H2,1-2H3,(H,22,24). The summed E-state index contributed by atoms with van der Waals surface area (Å²) in [6.45, 7) is 2.13. The van der Waals surface area contributed by atoms with Crippen LogP contribution in [-0.4, -0.2) is 22.4 Å². The van der Waals surface area contributed by atoms with E-state index in [-0.39, 0.29) is 5.91 Å². The van der Waals surface area contributed by atoms with Gasteiger partial charge in [-0.05, 0) is 30.7 Å². The van der Waals surface area contributed by atoms with Crippen molar-refractivity contribution in [2.75, 3.05) is 12.4 Å². The summed E-state index contributed by atoms with van der Waals surface area (Å²) in [5.41, 5.74) is 2.45. The molecule has 3 aromatic rings. The summed E-state index contributed by atoms with van der Waals surface area (Å²) in [6.07, 6.45) is 5.48. The van der Waals surface area contributed by atoms with Crippen molar-refractivity contribution in [2.24, 2.45) is 0 Å². The highest BCUT2D eigenvalue weighted by Gasteiger charge is 2.16. The Bertz CT molecular complexity index is 870. The maximum absolute atomic E-state index is 12.4. The zero-order valence-corrected chi connectivity index (χ0v) is 14.7. The van der Waals surface area contributed by atoms with E-state index in [2.05, 4.69) is 12.2 Å². The smallest absolute Gasteiger partial charge is 0.225 e. The van der Waals surface area contributed by atoms with Crippen LogP contribution in [0.15, 0.2) is 48.7 Å². The molecular weight excluding hydrogens is 314 g/mol. The van der Waals surface area contributed by atoms with Crippen molar-refractivity contribution in [3.05, 3.63) is 48.7 Å². The molecule has 3 rings (SSSR count). The third-order valence-corrected chi connectivity index (χ3v) is 4.14. The maximum atomic E-state index is 12.4. The lowest BCUT2D eigenvalue weighted by molar-refractivity contribution is -0.116. The number of unbranched alkanes of at least 4 members (excludes halogenated alkanes) is 2. The molecule has 0 spiro atoms. The molecule has 5 heteroatoms. The van der Waals surface area contributed by atoms with Gasteiger partial charge in [-0.3, -0.25) is 9.20 Å². The molecule has 0 fully saturated rings. The fourth-order valence-corrected chi connectivity index (χ4v) is 2.82. The molecule has 1 amide bonds. The van der Waals surface area contributed by atoms with Gasteiger partial charge in [-0.1, -0.05) is 38.0 Å². The number of benzene rings is 1. The van der Waals surface area contributed by atoms with Crippen LogP contribution in [0, 0.1) is 0 Å². The second kappa shape index (κ2) is 7.83. The summed E-state index contributed by atoms with van der Waals surface area (Å²) in [7, 11) is 1.64. The average Bonchev–Trinajstić information content (AvgIpc) is 3.00. The molecule has 0 aliphatic heterocycles. The number of carbonyl (C=O) groups excluding carboxylic acids is 1. The number of nitrogens with one attached hydrogen (secondary N) is 1. The van der Waals surface area contributed by atoms with Crippen molar-refractivity contribution in [1.82, 2.24) is 9.38 Å². The largest absolute Gasteiger partial charge is 0.497 e. The van der Waals surface area contributed by atoms with Gasteiger partial charge in [0.1, 0.15) is 22.9 Å². The molecule has 1 aromatic carbocycles. The van der Waals surface area contributed by atoms with Crippen molar-refractivity contribution < 1.29 is 9.53 Å². The number of pyridine rings is 1. The first-order valence-corrected chi connectivity index (χ1v) is 8.64. The first-order valence-electron chi connectivity index (χ1n) is 8.64. The second-order valence-electron chi connectivity index (χ2n) is 5.98. The number of hydrogen-bond acceptors (Lipinski definition) is 3. The maximum Gasteiger partial charge on any atom is 0.225 e. The van der Waals surface area contributed by atoms with E-state index in [0.29, 0.717) is 12.2 Å². The highest BCUT2D eigenvalue weighted by Crippen LogP contribution is 2.31. The van der Waals surface area contributed by atoms with Gasteiger partial charge in [-0.25, -0.2) is 4.98 Å². The molecular formula is C20H23N3O2. The number of methoxy groups -OCH3 is 1. The molecule has 0 bridgehead atoms. The number of hydrogen-bond donors (Lipinski definition) is 1. The molecule has 25 heavy (non-hydrogen) atoms. The summed E-state index contributed by atoms with van der Waals surface area (Å²) >= 11 is 0. The molecule has 0 unspecified atom stereocenters. The molecule has 2 heterocycles. The predicted octanol–water partition coefficient (Wildman–Crippen LogP) is 4.53. The van der Waals surface area contributed by atoms with Crippen molar-refractivity contribution in [2.45, 2.75) is 32.6 Å². The van der Waals surface area contributed by atoms with Crippen LogP contribution in [0.5, 0.6) is 5.75 Å². The van der Waals surface area contributed by atoms with Crippen LogP contribution in [0.2, 0.25) is 0 Å². The zero-order valence-electron chi connectivity index (χ0n) is 14.7. The lowest BCUT2D eigenvalue weighted by Gasteiger charge is -2.08. The number of rotatable bonds is 7. The normalized spacial score (nSPS) is 10.8. The van der Waals surface area contributed by atoms with Crippen molar-refractivity contribution in [1.29, 1.82) is 0 Å². The van der Waals surface area contributed by atoms with E-state index < -0.39 is 0 Å². The van der Waals surface area contributed by atoms with Gasteiger partial charge in [0.15, 0.2) is 0 Å². The highest BCUT2D eigenvalue weighted by molar-refractivity contribution is 5.94. The summed E-state index contributed by atoms with van der Waals surface area (Å²) < 4.78 is 7.22. The number of amides is 1. The third-order valence-electron chi connectivity index (χ3n) is 4.14. The van der Waals surface area contributed by atoms with Crippen molar-refractivity contribution in [3.63, 3.8) is 0 Å². The Morgan fingerprint density at radius 2 is 2.08 bits per heavy atom. The van der Waals surface area contributed by atoms with E-state index in [4.69, 9.17) is 9.72 Å². The summed E-state index contributed by atoms with van der Waals surface area (Å²) in [5.74, 6) is 1.48. The van der Waals surface area contributed by atoms with E-state index in [1.54, 1.807) is 7.11 Å². The molecule has 0 aliphatic rings. The monoisotopic (exact) mass is 337 g/mol. The van der Waals surface area contributed by atoms with Gasteiger partial charge in [-0.15, -0.1) is 0 Å². The van der Waals surface area contributed by atoms with Crippen molar-refractivity contribution >= 4 is 17.4 Å². The van der Waals surface area contributed by atoms with Gasteiger partial charge < -0.3 is 10.1 Å². The molecule has 5 nitrogen and oxygen atoms in total. The van der Waals surface area contributed by atoms with Crippen LogP contribution in [0.1, 0.15) is 32.6 Å². The minimum atomic E-state index is 0.0169. The lowest BCUT2D eigenvalue weighted by atomic mass is 10.1. The van der Waals surface area contributed by atoms with Gasteiger partial charge >= 0.3 is 0 Å². The first-order chi connectivity index (χ1) is 12.2. The number of anilines is 1. The Labute approximate surface area is 147 Å². The predicted molar refractivity (Wildman–Crippen MR) is 100.0 cm³/mol. The minimum absolute atomic E-state index is 0.0169. The molecule has 0 atom stereocenters. The Kier molecular flexibility index (Phi) is 5.33. The number of imidazole rings is 1. The van der Waals surface area contributed by atoms with E-state index in [1.165, 1.54) is 0 Å². The molecule has 0 saturated heterocycles. The summed E-state index contributed by atoms with van der Waals surface area (Å²) in [4.78, 5) is 17.1. The Balaban J connectivity index is 1.98. The topological polar surface area (TPSA) is 55.6 Å². The van der Waals surface area contributed by atoms with E-state index in [0.717, 1.165) is 41.9 Å². The van der Waals surface area contributed by atoms with Gasteiger partial charge in [-0.2, -0.15) is 0 Å². The first kappa shape index (κ1) is 17.0. The van der Waals surface area contributed by atoms with Crippen LogP contribution in [0.3, 0.4) is 0 Å². The number of nitrogens with zero attached hydrogens (tertiary/aromatic N) is 2. The van der Waals surface area contributed by atoms with E-state index in [1.807, 2.05) is 53.1 Å². The molecule has 0 radical (unpaired) electrons. The van der Waals surface area contributed by atoms with E-state index >= 15 is 0 Å². The summed E-state index contributed by atoms with van der Waals surface area (Å²) in [6, 6.07) is 13.5. The zero-order chi connectivity index (χ0) is 17.6. The molecule has 0 saturated carbocycles. The van der Waals surface area contributed by atoms with Gasteiger partial charge in [0, 0.05) is 18.2 Å². The SMILES string of the molecule is CCCCCC(=O)Nc1c(-c2cccc(OC)c2)nc2ccccn12. The van der Waals surface area contributed by atoms with Crippen LogP contribution >= 0.6 is 0 Å². The molecule has 0 aliphatic carbocycles. The summed E-state index contributed by atoms with van der Waals surface area (Å²) in [5, 5.41) is 3.05. The lowest BCUT2D eigenvalue weighted by Crippen LogP contribution is -2.13. The highest BCUT2D eigenvalue weighted by atomic mass is 16.5. The van der Waals surface area contributed by atoms with Crippen LogP contribution in [0.4, 0.5) is 5.82 Å². The quantitative estimate of drug-likeness (QED) is 0.645. The second-order valence-corrected chi connectivity index (χ2v) is 5.98. The van der Waals surface area contributed by atoms with Crippen LogP contribution < -0.4 is 10.1 Å². The average molecular weight is 337 g/mol. The van der Waals surface area contributed by atoms with Gasteiger partial charge in [0.05, 0.1) is 7.11 Å². The van der Waals surface area contributed by atoms with Crippen LogP contribution in [0.25, 0.3) is 16.9 Å². The Morgan fingerprint density at radius 1 is 1.20 bits per heavy atom. The van der Waals surface area contributed by atoms with Gasteiger partial charge in [0.2, 0.25) is 5.91 Å². The molecule has 1 N–H and O–H groups in total. The third kappa shape index (κ3) is 3.82. The number of carbonyl (C=O) groups is 1. The molecule has 2 aromatic heterocycles. The van der Waals surface area contributed by atoms with Gasteiger partial charge in [0.25, 0.3) is 0 Å². The van der Waals surface area contributed by atoms with E-state index in [9.17, 15) is 4.79 Å². The Hall–Kier alpha value is -2.82.